The number of aliphatic imine (C=N–C) groups is 1. The minimum Gasteiger partial charge on any atom is -0.508 e. The normalized spacial score (nSPS) is 15.5. The van der Waals surface area contributed by atoms with E-state index in [1.807, 2.05) is 74.5 Å². The van der Waals surface area contributed by atoms with Crippen molar-refractivity contribution in [2.75, 3.05) is 31.6 Å². The van der Waals surface area contributed by atoms with Crippen molar-refractivity contribution in [2.45, 2.75) is 159 Å². The van der Waals surface area contributed by atoms with Crippen LogP contribution in [0.3, 0.4) is 0 Å². The number of H-pyrrole nitrogens is 1. The molecule has 20 N–H and O–H groups in total. The molecule has 100 heavy (non-hydrogen) atoms. The van der Waals surface area contributed by atoms with Gasteiger partial charge in [-0.2, -0.15) is 0 Å². The van der Waals surface area contributed by atoms with Crippen LogP contribution in [0.1, 0.15) is 95.8 Å². The molecule has 28 nitrogen and oxygen atoms in total. The second-order valence-electron chi connectivity index (χ2n) is 25.5. The van der Waals surface area contributed by atoms with E-state index in [9.17, 15) is 58.2 Å². The number of aromatic nitrogens is 1. The lowest BCUT2D eigenvalue weighted by atomic mass is 10.00. The van der Waals surface area contributed by atoms with Crippen LogP contribution >= 0.6 is 11.6 Å². The summed E-state index contributed by atoms with van der Waals surface area (Å²) in [6.45, 7) is 5.96. The molecule has 0 radical (unpaired) electrons. The van der Waals surface area contributed by atoms with Crippen LogP contribution in [0, 0.1) is 5.92 Å². The molecule has 536 valence electrons. The van der Waals surface area contributed by atoms with Crippen LogP contribution in [0.5, 0.6) is 5.75 Å². The Morgan fingerprint density at radius 1 is 0.600 bits per heavy atom. The van der Waals surface area contributed by atoms with Gasteiger partial charge >= 0.3 is 0 Å². The van der Waals surface area contributed by atoms with Crippen LogP contribution in [0.15, 0.2) is 126 Å². The number of carbonyl (C=O) groups excluding carboxylic acids is 10. The number of benzene rings is 5. The van der Waals surface area contributed by atoms with E-state index in [1.54, 1.807) is 36.5 Å². The number of phenols is 1. The van der Waals surface area contributed by atoms with Gasteiger partial charge in [0.05, 0.1) is 12.6 Å². The van der Waals surface area contributed by atoms with Crippen LogP contribution in [-0.2, 0) is 67.2 Å². The van der Waals surface area contributed by atoms with E-state index in [1.165, 1.54) is 43.0 Å². The highest BCUT2D eigenvalue weighted by atomic mass is 35.5. The Labute approximate surface area is 585 Å². The van der Waals surface area contributed by atoms with Gasteiger partial charge in [0.1, 0.15) is 60.1 Å². The van der Waals surface area contributed by atoms with Crippen molar-refractivity contribution in [3.63, 3.8) is 0 Å². The third-order valence-electron chi connectivity index (χ3n) is 17.1. The van der Waals surface area contributed by atoms with E-state index >= 15 is 0 Å². The molecule has 1 fully saturated rings. The monoisotopic (exact) mass is 1400 g/mol. The molecule has 29 heteroatoms. The zero-order valence-corrected chi connectivity index (χ0v) is 57.3. The van der Waals surface area contributed by atoms with Gasteiger partial charge in [-0.15, -0.1) is 0 Å². The first-order valence-corrected chi connectivity index (χ1v) is 33.9. The van der Waals surface area contributed by atoms with Crippen molar-refractivity contribution in [1.82, 2.24) is 52.4 Å². The number of anilines is 1. The molecule has 1 saturated heterocycles. The van der Waals surface area contributed by atoms with Gasteiger partial charge in [0.25, 0.3) is 0 Å². The van der Waals surface area contributed by atoms with Gasteiger partial charge in [-0.1, -0.05) is 98.2 Å². The summed E-state index contributed by atoms with van der Waals surface area (Å²) in [6, 6.07) is 19.8. The van der Waals surface area contributed by atoms with E-state index in [-0.39, 0.29) is 88.6 Å². The van der Waals surface area contributed by atoms with Crippen molar-refractivity contribution in [2.24, 2.45) is 33.8 Å². The number of halogens is 1. The highest BCUT2D eigenvalue weighted by Crippen LogP contribution is 2.24. The number of aliphatic hydroxyl groups is 1. The first kappa shape index (κ1) is 77.2. The van der Waals surface area contributed by atoms with Crippen molar-refractivity contribution >= 4 is 104 Å². The number of phenolic OH excluding ortho intramolecular Hbond substituents is 1. The van der Waals surface area contributed by atoms with Crippen molar-refractivity contribution in [3.8, 4) is 5.75 Å². The molecule has 10 amide bonds. The Bertz CT molecular complexity index is 3850. The first-order valence-electron chi connectivity index (χ1n) is 33.5. The number of hydrogen-bond donors (Lipinski definition) is 16. The first-order chi connectivity index (χ1) is 47.8. The highest BCUT2D eigenvalue weighted by molar-refractivity contribution is 6.30. The fourth-order valence-electron chi connectivity index (χ4n) is 11.6. The minimum atomic E-state index is -1.76. The van der Waals surface area contributed by atoms with E-state index in [0.29, 0.717) is 41.1 Å². The van der Waals surface area contributed by atoms with Gasteiger partial charge in [-0.05, 0) is 154 Å². The fraction of sp³-hybridized carbons (Fsp3) is 0.423. The maximum atomic E-state index is 14.8. The minimum absolute atomic E-state index is 0.00582. The van der Waals surface area contributed by atoms with E-state index in [2.05, 4.69) is 57.8 Å². The maximum Gasteiger partial charge on any atom is 0.246 e. The Balaban J connectivity index is 1.06. The largest absolute Gasteiger partial charge is 0.508 e. The lowest BCUT2D eigenvalue weighted by Crippen LogP contribution is -2.61. The Kier molecular flexibility index (Phi) is 29.1. The Morgan fingerprint density at radius 2 is 1.18 bits per heavy atom. The molecule has 0 spiro atoms. The van der Waals surface area contributed by atoms with Gasteiger partial charge in [-0.25, -0.2) is 0 Å². The predicted octanol–water partition coefficient (Wildman–Crippen LogP) is 1.80. The topological polar surface area (TPSA) is 455 Å². The second-order valence-corrected chi connectivity index (χ2v) is 25.9. The quantitative estimate of drug-likeness (QED) is 0.0151. The summed E-state index contributed by atoms with van der Waals surface area (Å²) in [7, 11) is 0. The number of aromatic amines is 1. The third-order valence-corrected chi connectivity index (χ3v) is 17.3. The van der Waals surface area contributed by atoms with Crippen LogP contribution in [0.25, 0.3) is 21.7 Å². The molecule has 5 aromatic carbocycles. The van der Waals surface area contributed by atoms with Gasteiger partial charge in [0.15, 0.2) is 5.96 Å². The maximum absolute atomic E-state index is 14.8. The number of amides is 10. The van der Waals surface area contributed by atoms with Crippen LogP contribution in [0.4, 0.5) is 5.69 Å². The highest BCUT2D eigenvalue weighted by Gasteiger charge is 2.40. The molecule has 2 heterocycles. The van der Waals surface area contributed by atoms with Crippen LogP contribution in [-0.4, -0.2) is 172 Å². The summed E-state index contributed by atoms with van der Waals surface area (Å²) in [6.07, 6.45) is 3.02. The SMILES string of the molecule is CC(C)C[C@H](NC(=O)[C@@H](CCCCN)NC(=O)[C@H](Cc1ccc(O)cc1)NC(=O)[C@H](CO)NC(=O)[C@@H](Cc1c[nH]c2ccccc12)NC(=O)[C@H](C)NC(=O)[C@@H](N)Cc1ccc2ccccc2c1)C(=O)N[C@@H](CCCN=C(N)N)C(=O)N1CCC[C@H]1C(=O)N[C@H](C)C(=O)Nc1ccc(Cl)cc1. The van der Waals surface area contributed by atoms with Crippen LogP contribution < -0.4 is 70.8 Å². The number of likely N-dealkylation sites (tertiary alicyclic amines) is 1. The molecule has 0 saturated carbocycles. The lowest BCUT2D eigenvalue weighted by Gasteiger charge is -2.31. The molecule has 10 atom stereocenters. The van der Waals surface area contributed by atoms with Crippen molar-refractivity contribution < 1.29 is 58.2 Å². The molecule has 6 aromatic rings. The number of hydrogen-bond acceptors (Lipinski definition) is 15. The Hall–Kier alpha value is -10.2. The predicted molar refractivity (Wildman–Crippen MR) is 380 cm³/mol. The molecule has 0 aliphatic carbocycles. The van der Waals surface area contributed by atoms with Gasteiger partial charge in [0.2, 0.25) is 59.1 Å². The number of guanidine groups is 1. The number of nitrogens with two attached hydrogens (primary N) is 4. The number of para-hydroxylation sites is 1. The van der Waals surface area contributed by atoms with Crippen molar-refractivity contribution in [1.29, 1.82) is 0 Å². The summed E-state index contributed by atoms with van der Waals surface area (Å²) in [5.74, 6) is -8.15. The Morgan fingerprint density at radius 3 is 1.87 bits per heavy atom. The zero-order chi connectivity index (χ0) is 72.6. The fourth-order valence-corrected chi connectivity index (χ4v) is 11.8. The smallest absolute Gasteiger partial charge is 0.246 e. The number of nitrogens with zero attached hydrogens (tertiary/aromatic N) is 2. The number of fused-ring (bicyclic) bond motifs is 2. The summed E-state index contributed by atoms with van der Waals surface area (Å²) in [5.41, 5.74) is 26.4. The molecular weight excluding hydrogens is 1300 g/mol. The standard InChI is InChI=1S/C71H93ClN16O12/c1-40(2)33-56(65(95)83-55(18-11-31-77-71(75)76)70(100)88-32-12-19-60(88)69(99)80-41(3)61(91)81-49-26-24-48(72)25-27-49)85-64(94)54(17-9-10-30-73)82-66(96)57(36-43-21-28-50(90)29-22-43)86-68(98)59(39-89)87-67(97)58(37-47-38-78-53-16-8-7-15-51(47)53)84-62(92)42(4)79-63(93)52(74)35-44-20-23-45-13-5-6-14-46(45)34-44/h5-8,13-16,20-29,34,38,40-42,52,54-60,78,89-90H,9-12,17-19,30-33,35-37,39,73-74H2,1-4H3,(H,79,93)(H,80,99)(H,81,91)(H,82,96)(H,83,95)(H,84,92)(H,85,94)(H,86,98)(H,87,97)(H4,75,76,77)/t41-,42+,52+,54-,55+,56+,57+,58-,59+,60+/m1/s1. The molecule has 1 aliphatic heterocycles. The van der Waals surface area contributed by atoms with E-state index in [0.717, 1.165) is 27.2 Å². The number of aliphatic hydroxyl groups excluding tert-OH is 1. The summed E-state index contributed by atoms with van der Waals surface area (Å²) >= 11 is 6.00. The molecule has 0 unspecified atom stereocenters. The summed E-state index contributed by atoms with van der Waals surface area (Å²) in [5, 5.41) is 48.4. The molecular formula is C71H93ClN16O12. The average molecular weight is 1400 g/mol. The van der Waals surface area contributed by atoms with Gasteiger partial charge < -0.3 is 90.9 Å². The molecule has 1 aromatic heterocycles. The van der Waals surface area contributed by atoms with Gasteiger partial charge in [-0.3, -0.25) is 52.9 Å². The third kappa shape index (κ3) is 23.0. The average Bonchev–Trinajstić information content (AvgIpc) is 1.57. The summed E-state index contributed by atoms with van der Waals surface area (Å²) in [4.78, 5) is 151. The zero-order valence-electron chi connectivity index (χ0n) is 56.6. The van der Waals surface area contributed by atoms with Crippen molar-refractivity contribution in [3.05, 3.63) is 143 Å². The number of rotatable bonds is 36. The number of nitrogens with one attached hydrogen (secondary N) is 10. The molecule has 7 rings (SSSR count). The number of aromatic hydroxyl groups is 1. The molecule has 0 bridgehead atoms. The summed E-state index contributed by atoms with van der Waals surface area (Å²) < 4.78 is 0. The second kappa shape index (κ2) is 37.7. The lowest BCUT2D eigenvalue weighted by molar-refractivity contribution is -0.142. The molecule has 1 aliphatic rings. The number of carbonyl (C=O) groups is 10. The van der Waals surface area contributed by atoms with Crippen LogP contribution in [0.2, 0.25) is 5.02 Å². The number of unbranched alkanes of at least 4 members (excludes halogenated alkanes) is 1. The van der Waals surface area contributed by atoms with E-state index < -0.39 is 126 Å². The van der Waals surface area contributed by atoms with Gasteiger partial charge in [0, 0.05) is 53.7 Å². The van der Waals surface area contributed by atoms with E-state index in [4.69, 9.17) is 34.5 Å².